The molecule has 0 bridgehead atoms. The summed E-state index contributed by atoms with van der Waals surface area (Å²) in [5.41, 5.74) is 1.43. The lowest BCUT2D eigenvalue weighted by atomic mass is 10.1. The van der Waals surface area contributed by atoms with Gasteiger partial charge in [-0.2, -0.15) is 0 Å². The molecule has 154 valence electrons. The van der Waals surface area contributed by atoms with Gasteiger partial charge in [0.1, 0.15) is 17.5 Å². The Morgan fingerprint density at radius 2 is 1.87 bits per heavy atom. The first kappa shape index (κ1) is 20.0. The molecule has 1 aromatic heterocycles. The zero-order valence-electron chi connectivity index (χ0n) is 15.6. The molecule has 1 aliphatic rings. The molecule has 2 heterocycles. The van der Waals surface area contributed by atoms with Crippen LogP contribution in [0.3, 0.4) is 0 Å². The molecule has 2 aromatic carbocycles. The number of benzene rings is 2. The van der Waals surface area contributed by atoms with Crippen LogP contribution in [0.2, 0.25) is 0 Å². The van der Waals surface area contributed by atoms with Crippen molar-refractivity contribution in [3.8, 4) is 5.69 Å². The van der Waals surface area contributed by atoms with Gasteiger partial charge in [-0.15, -0.1) is 10.2 Å². The molecule has 4 rings (SSSR count). The molecule has 10 heteroatoms. The van der Waals surface area contributed by atoms with Gasteiger partial charge in [0.15, 0.2) is 5.16 Å². The molecule has 0 aliphatic carbocycles. The average Bonchev–Trinajstić information content (AvgIpc) is 3.09. The lowest BCUT2D eigenvalue weighted by Crippen LogP contribution is -2.53. The molecule has 0 radical (unpaired) electrons. The molecule has 1 fully saturated rings. The highest BCUT2D eigenvalue weighted by Crippen LogP contribution is 2.26. The predicted molar refractivity (Wildman–Crippen MR) is 106 cm³/mol. The van der Waals surface area contributed by atoms with Crippen molar-refractivity contribution >= 4 is 23.7 Å². The van der Waals surface area contributed by atoms with Crippen LogP contribution in [0, 0.1) is 11.6 Å². The molecule has 3 amide bonds. The number of hydrogen-bond acceptors (Lipinski definition) is 5. The van der Waals surface area contributed by atoms with Crippen molar-refractivity contribution in [1.82, 2.24) is 25.4 Å². The van der Waals surface area contributed by atoms with Crippen LogP contribution in [0.25, 0.3) is 5.69 Å². The van der Waals surface area contributed by atoms with Crippen molar-refractivity contribution in [2.45, 2.75) is 29.8 Å². The molecule has 3 aromatic rings. The number of urea groups is 1. The van der Waals surface area contributed by atoms with E-state index in [0.29, 0.717) is 22.4 Å². The first-order valence-corrected chi connectivity index (χ1v) is 10.1. The summed E-state index contributed by atoms with van der Waals surface area (Å²) in [5, 5.41) is 13.9. The maximum absolute atomic E-state index is 13.5. The molecule has 1 atom stereocenters. The summed E-state index contributed by atoms with van der Waals surface area (Å²) in [7, 11) is 0. The number of hydrogen-bond donors (Lipinski definition) is 2. The summed E-state index contributed by atoms with van der Waals surface area (Å²) >= 11 is 1.35. The van der Waals surface area contributed by atoms with Crippen LogP contribution in [-0.2, 0) is 17.0 Å². The topological polar surface area (TPSA) is 88.9 Å². The van der Waals surface area contributed by atoms with Gasteiger partial charge in [0.25, 0.3) is 0 Å². The number of imide groups is 1. The maximum Gasteiger partial charge on any atom is 0.321 e. The monoisotopic (exact) mass is 429 g/mol. The Hall–Kier alpha value is -3.27. The van der Waals surface area contributed by atoms with Crippen LogP contribution in [0.15, 0.2) is 53.7 Å². The Labute approximate surface area is 174 Å². The van der Waals surface area contributed by atoms with Gasteiger partial charge in [-0.3, -0.25) is 14.7 Å². The number of nitrogens with zero attached hydrogens (tertiary/aromatic N) is 3. The summed E-state index contributed by atoms with van der Waals surface area (Å²) in [6.45, 7) is 0. The van der Waals surface area contributed by atoms with E-state index in [2.05, 4.69) is 20.8 Å². The van der Waals surface area contributed by atoms with Crippen LogP contribution in [-0.4, -0.2) is 32.7 Å². The van der Waals surface area contributed by atoms with E-state index in [0.717, 1.165) is 5.56 Å². The summed E-state index contributed by atoms with van der Waals surface area (Å²) in [6, 6.07) is 11.1. The Balaban J connectivity index is 1.62. The van der Waals surface area contributed by atoms with E-state index >= 15 is 0 Å². The van der Waals surface area contributed by atoms with E-state index in [-0.39, 0.29) is 30.4 Å². The molecule has 0 spiro atoms. The minimum atomic E-state index is -0.551. The quantitative estimate of drug-likeness (QED) is 0.588. The number of rotatable bonds is 6. The van der Waals surface area contributed by atoms with Crippen molar-refractivity contribution in [2.24, 2.45) is 0 Å². The lowest BCUT2D eigenvalue weighted by molar-refractivity contribution is -0.121. The minimum absolute atomic E-state index is 0.119. The number of thioether (sulfide) groups is 1. The number of halogens is 2. The van der Waals surface area contributed by atoms with Gasteiger partial charge >= 0.3 is 6.03 Å². The molecular weight excluding hydrogens is 412 g/mol. The molecule has 1 unspecified atom stereocenters. The Morgan fingerprint density at radius 3 is 2.60 bits per heavy atom. The predicted octanol–water partition coefficient (Wildman–Crippen LogP) is 2.98. The Bertz CT molecular complexity index is 1070. The summed E-state index contributed by atoms with van der Waals surface area (Å²) in [4.78, 5) is 23.3. The molecule has 0 saturated carbocycles. The highest BCUT2D eigenvalue weighted by molar-refractivity contribution is 7.98. The number of nitrogens with one attached hydrogen (secondary N) is 2. The van der Waals surface area contributed by atoms with Crippen LogP contribution in [0.1, 0.15) is 17.8 Å². The summed E-state index contributed by atoms with van der Waals surface area (Å²) < 4.78 is 28.6. The molecular formula is C20H17F2N5O2S. The number of aromatic nitrogens is 3. The van der Waals surface area contributed by atoms with Crippen LogP contribution < -0.4 is 10.6 Å². The highest BCUT2D eigenvalue weighted by atomic mass is 32.2. The van der Waals surface area contributed by atoms with Gasteiger partial charge in [0.2, 0.25) is 5.91 Å². The van der Waals surface area contributed by atoms with Crippen LogP contribution in [0.5, 0.6) is 0 Å². The normalized spacial score (nSPS) is 16.3. The van der Waals surface area contributed by atoms with Crippen molar-refractivity contribution in [2.75, 3.05) is 0 Å². The third-order valence-corrected chi connectivity index (χ3v) is 5.49. The fourth-order valence-electron chi connectivity index (χ4n) is 3.17. The third kappa shape index (κ3) is 4.65. The minimum Gasteiger partial charge on any atom is -0.334 e. The molecule has 1 aliphatic heterocycles. The largest absolute Gasteiger partial charge is 0.334 e. The average molecular weight is 429 g/mol. The van der Waals surface area contributed by atoms with Gasteiger partial charge in [0.05, 0.1) is 0 Å². The van der Waals surface area contributed by atoms with E-state index in [1.807, 2.05) is 6.07 Å². The Morgan fingerprint density at radius 1 is 1.07 bits per heavy atom. The van der Waals surface area contributed by atoms with E-state index in [9.17, 15) is 18.4 Å². The van der Waals surface area contributed by atoms with Crippen LogP contribution >= 0.6 is 11.8 Å². The van der Waals surface area contributed by atoms with Crippen molar-refractivity contribution < 1.29 is 18.4 Å². The first-order chi connectivity index (χ1) is 14.5. The van der Waals surface area contributed by atoms with Crippen molar-refractivity contribution in [1.29, 1.82) is 0 Å². The van der Waals surface area contributed by atoms with E-state index in [1.54, 1.807) is 22.8 Å². The van der Waals surface area contributed by atoms with Crippen molar-refractivity contribution in [3.05, 3.63) is 71.6 Å². The SMILES string of the molecule is O=C1CC(Cc2nnc(SCc3cccc(F)c3)n2-c2ccc(F)cc2)NC(=O)N1. The second-order valence-corrected chi connectivity index (χ2v) is 7.70. The van der Waals surface area contributed by atoms with Gasteiger partial charge in [-0.1, -0.05) is 23.9 Å². The standard InChI is InChI=1S/C20H17F2N5O2S/c21-13-4-6-16(7-5-13)27-17(9-15-10-18(28)24-19(29)23-15)25-26-20(27)30-11-12-2-1-3-14(22)8-12/h1-8,15H,9-11H2,(H2,23,24,28,29). The van der Waals surface area contributed by atoms with E-state index in [4.69, 9.17) is 0 Å². The molecule has 7 nitrogen and oxygen atoms in total. The molecule has 1 saturated heterocycles. The fraction of sp³-hybridized carbons (Fsp3) is 0.200. The van der Waals surface area contributed by atoms with Crippen LogP contribution in [0.4, 0.5) is 13.6 Å². The number of amides is 3. The van der Waals surface area contributed by atoms with E-state index < -0.39 is 12.1 Å². The van der Waals surface area contributed by atoms with Gasteiger partial charge < -0.3 is 5.32 Å². The zero-order valence-corrected chi connectivity index (χ0v) is 16.5. The number of carbonyl (C=O) groups is 2. The zero-order chi connectivity index (χ0) is 21.1. The lowest BCUT2D eigenvalue weighted by Gasteiger charge is -2.23. The fourth-order valence-corrected chi connectivity index (χ4v) is 4.08. The second-order valence-electron chi connectivity index (χ2n) is 6.76. The first-order valence-electron chi connectivity index (χ1n) is 9.16. The Kier molecular flexibility index (Phi) is 5.75. The second kappa shape index (κ2) is 8.62. The van der Waals surface area contributed by atoms with E-state index in [1.165, 1.54) is 36.0 Å². The molecule has 30 heavy (non-hydrogen) atoms. The third-order valence-electron chi connectivity index (χ3n) is 4.49. The smallest absolute Gasteiger partial charge is 0.321 e. The van der Waals surface area contributed by atoms with Gasteiger partial charge in [-0.05, 0) is 42.0 Å². The maximum atomic E-state index is 13.5. The van der Waals surface area contributed by atoms with Gasteiger partial charge in [0, 0.05) is 30.3 Å². The highest BCUT2D eigenvalue weighted by Gasteiger charge is 2.26. The molecule has 2 N–H and O–H groups in total. The number of carbonyl (C=O) groups excluding carboxylic acids is 2. The van der Waals surface area contributed by atoms with Crippen molar-refractivity contribution in [3.63, 3.8) is 0 Å². The summed E-state index contributed by atoms with van der Waals surface area (Å²) in [5.74, 6) is -0.0843. The summed E-state index contributed by atoms with van der Waals surface area (Å²) in [6.07, 6.45) is 0.387. The van der Waals surface area contributed by atoms with Gasteiger partial charge in [-0.25, -0.2) is 13.6 Å².